The van der Waals surface area contributed by atoms with Crippen molar-refractivity contribution in [1.82, 2.24) is 0 Å². The van der Waals surface area contributed by atoms with Crippen molar-refractivity contribution in [3.05, 3.63) is 24.3 Å². The van der Waals surface area contributed by atoms with Crippen molar-refractivity contribution in [3.63, 3.8) is 0 Å². The van der Waals surface area contributed by atoms with E-state index in [0.29, 0.717) is 37.0 Å². The molecule has 0 aliphatic carbocycles. The second kappa shape index (κ2) is 10.8. The second-order valence-electron chi connectivity index (χ2n) is 6.06. The Labute approximate surface area is 152 Å². The molecule has 8 heteroatoms. The van der Waals surface area contributed by atoms with Gasteiger partial charge in [-0.2, -0.15) is 0 Å². The van der Waals surface area contributed by atoms with E-state index in [1.807, 2.05) is 0 Å². The highest BCUT2D eigenvalue weighted by molar-refractivity contribution is 7.99. The van der Waals surface area contributed by atoms with Gasteiger partial charge in [0.15, 0.2) is 0 Å². The summed E-state index contributed by atoms with van der Waals surface area (Å²) >= 11 is 1.32. The molecule has 0 atom stereocenters. The van der Waals surface area contributed by atoms with Gasteiger partial charge in [-0.15, -0.1) is 11.8 Å². The number of anilines is 1. The molecule has 0 unspecified atom stereocenters. The van der Waals surface area contributed by atoms with Gasteiger partial charge >= 0.3 is 12.1 Å². The lowest BCUT2D eigenvalue weighted by molar-refractivity contribution is -0.133. The number of ether oxygens (including phenoxy) is 3. The van der Waals surface area contributed by atoms with Crippen molar-refractivity contribution in [1.29, 1.82) is 0 Å². The maximum Gasteiger partial charge on any atom is 0.412 e. The number of nitrogens with one attached hydrogen (secondary N) is 1. The zero-order valence-electron chi connectivity index (χ0n) is 14.7. The van der Waals surface area contributed by atoms with Crippen LogP contribution in [0.2, 0.25) is 0 Å². The predicted octanol–water partition coefficient (Wildman–Crippen LogP) is 3.25. The number of thioether (sulfide) groups is 1. The second-order valence-corrected chi connectivity index (χ2v) is 7.16. The Kier molecular flexibility index (Phi) is 9.15. The predicted molar refractivity (Wildman–Crippen MR) is 97.6 cm³/mol. The van der Waals surface area contributed by atoms with E-state index in [1.54, 1.807) is 45.0 Å². The minimum absolute atomic E-state index is 0.0868. The van der Waals surface area contributed by atoms with Crippen LogP contribution in [0.3, 0.4) is 0 Å². The smallest absolute Gasteiger partial charge is 0.412 e. The van der Waals surface area contributed by atoms with Crippen LogP contribution in [0.15, 0.2) is 24.3 Å². The number of hydrogen-bond acceptors (Lipinski definition) is 6. The number of hydrogen-bond donors (Lipinski definition) is 2. The van der Waals surface area contributed by atoms with Crippen molar-refractivity contribution < 1.29 is 28.9 Å². The molecule has 7 nitrogen and oxygen atoms in total. The summed E-state index contributed by atoms with van der Waals surface area (Å²) in [5, 5.41) is 11.1. The number of amides is 1. The van der Waals surface area contributed by atoms with E-state index >= 15 is 0 Å². The van der Waals surface area contributed by atoms with Gasteiger partial charge in [-0.25, -0.2) is 4.79 Å². The molecule has 0 heterocycles. The highest BCUT2D eigenvalue weighted by Crippen LogP contribution is 2.17. The van der Waals surface area contributed by atoms with Crippen molar-refractivity contribution in [3.8, 4) is 5.75 Å². The van der Waals surface area contributed by atoms with E-state index in [2.05, 4.69) is 5.32 Å². The zero-order valence-corrected chi connectivity index (χ0v) is 15.6. The summed E-state index contributed by atoms with van der Waals surface area (Å²) in [6, 6.07) is 6.94. The van der Waals surface area contributed by atoms with E-state index in [1.165, 1.54) is 11.8 Å². The van der Waals surface area contributed by atoms with Crippen molar-refractivity contribution in [2.24, 2.45) is 0 Å². The summed E-state index contributed by atoms with van der Waals surface area (Å²) in [6.07, 6.45) is -0.504. The highest BCUT2D eigenvalue weighted by Gasteiger charge is 2.16. The molecule has 1 rings (SSSR count). The van der Waals surface area contributed by atoms with Crippen LogP contribution < -0.4 is 10.1 Å². The summed E-state index contributed by atoms with van der Waals surface area (Å²) in [4.78, 5) is 22.0. The Morgan fingerprint density at radius 3 is 2.40 bits per heavy atom. The minimum atomic E-state index is -0.821. The first-order valence-corrected chi connectivity index (χ1v) is 9.02. The number of aliphatic carboxylic acids is 1. The van der Waals surface area contributed by atoms with Gasteiger partial charge in [-0.1, -0.05) is 0 Å². The van der Waals surface area contributed by atoms with Crippen LogP contribution in [-0.2, 0) is 14.3 Å². The lowest BCUT2D eigenvalue weighted by atomic mass is 10.2. The SMILES string of the molecule is CC(C)(C)OC(=O)Nc1ccc(OCCOCCSCC(=O)O)cc1. The quantitative estimate of drug-likeness (QED) is 0.610. The lowest BCUT2D eigenvalue weighted by Crippen LogP contribution is -2.27. The molecule has 1 aromatic rings. The fourth-order valence-electron chi connectivity index (χ4n) is 1.65. The largest absolute Gasteiger partial charge is 0.491 e. The third-order valence-electron chi connectivity index (χ3n) is 2.59. The lowest BCUT2D eigenvalue weighted by Gasteiger charge is -2.19. The van der Waals surface area contributed by atoms with E-state index in [0.717, 1.165) is 0 Å². The first-order chi connectivity index (χ1) is 11.8. The van der Waals surface area contributed by atoms with Crippen LogP contribution in [0.4, 0.5) is 10.5 Å². The molecule has 0 aromatic heterocycles. The normalized spacial score (nSPS) is 11.0. The summed E-state index contributed by atoms with van der Waals surface area (Å²) in [7, 11) is 0. The van der Waals surface area contributed by atoms with Gasteiger partial charge in [0.1, 0.15) is 18.0 Å². The van der Waals surface area contributed by atoms with Gasteiger partial charge < -0.3 is 19.3 Å². The molecule has 2 N–H and O–H groups in total. The monoisotopic (exact) mass is 371 g/mol. The van der Waals surface area contributed by atoms with Gasteiger partial charge in [0, 0.05) is 11.4 Å². The molecule has 1 aromatic carbocycles. The molecule has 1 amide bonds. The van der Waals surface area contributed by atoms with Gasteiger partial charge in [0.2, 0.25) is 0 Å². The first kappa shape index (κ1) is 21.1. The topological polar surface area (TPSA) is 94.1 Å². The minimum Gasteiger partial charge on any atom is -0.491 e. The number of carbonyl (C=O) groups excluding carboxylic acids is 1. The van der Waals surface area contributed by atoms with Crippen LogP contribution in [-0.4, -0.2) is 54.1 Å². The van der Waals surface area contributed by atoms with Gasteiger partial charge in [0.05, 0.1) is 19.0 Å². The van der Waals surface area contributed by atoms with Crippen molar-refractivity contribution in [2.75, 3.05) is 36.6 Å². The molecule has 0 spiro atoms. The first-order valence-electron chi connectivity index (χ1n) is 7.86. The average Bonchev–Trinajstić information content (AvgIpc) is 2.49. The van der Waals surface area contributed by atoms with Gasteiger partial charge in [0.25, 0.3) is 0 Å². The molecule has 0 bridgehead atoms. The Morgan fingerprint density at radius 1 is 1.12 bits per heavy atom. The maximum absolute atomic E-state index is 11.7. The van der Waals surface area contributed by atoms with E-state index in [-0.39, 0.29) is 5.75 Å². The highest BCUT2D eigenvalue weighted by atomic mass is 32.2. The Hall–Kier alpha value is -1.93. The van der Waals surface area contributed by atoms with E-state index < -0.39 is 17.7 Å². The Morgan fingerprint density at radius 2 is 1.80 bits per heavy atom. The molecule has 25 heavy (non-hydrogen) atoms. The van der Waals surface area contributed by atoms with Crippen LogP contribution in [0.5, 0.6) is 5.75 Å². The average molecular weight is 371 g/mol. The third-order valence-corrected chi connectivity index (χ3v) is 3.50. The van der Waals surface area contributed by atoms with Crippen LogP contribution in [0.1, 0.15) is 20.8 Å². The summed E-state index contributed by atoms with van der Waals surface area (Å²) in [6.45, 7) is 6.71. The molecular formula is C17H25NO6S. The van der Waals surface area contributed by atoms with Crippen molar-refractivity contribution in [2.45, 2.75) is 26.4 Å². The van der Waals surface area contributed by atoms with Gasteiger partial charge in [-0.3, -0.25) is 10.1 Å². The number of benzene rings is 1. The van der Waals surface area contributed by atoms with Crippen LogP contribution >= 0.6 is 11.8 Å². The fourth-order valence-corrected chi connectivity index (χ4v) is 2.21. The number of carboxylic acids is 1. The Balaban J connectivity index is 2.18. The molecule has 0 fully saturated rings. The number of rotatable bonds is 10. The zero-order chi connectivity index (χ0) is 18.7. The molecule has 0 aliphatic heterocycles. The molecule has 140 valence electrons. The third kappa shape index (κ3) is 11.3. The Bertz CT molecular complexity index is 541. The molecule has 0 radical (unpaired) electrons. The molecule has 0 saturated heterocycles. The van der Waals surface area contributed by atoms with Gasteiger partial charge in [-0.05, 0) is 45.0 Å². The molecule has 0 aliphatic rings. The summed E-state index contributed by atoms with van der Waals surface area (Å²) in [5.74, 6) is 0.567. The number of carboxylic acid groups (broad SMARTS) is 1. The molecule has 0 saturated carbocycles. The number of carbonyl (C=O) groups is 2. The van der Waals surface area contributed by atoms with Crippen LogP contribution in [0, 0.1) is 0 Å². The molecular weight excluding hydrogens is 346 g/mol. The van der Waals surface area contributed by atoms with E-state index in [9.17, 15) is 9.59 Å². The van der Waals surface area contributed by atoms with E-state index in [4.69, 9.17) is 19.3 Å². The van der Waals surface area contributed by atoms with Crippen molar-refractivity contribution >= 4 is 29.5 Å². The summed E-state index contributed by atoms with van der Waals surface area (Å²) < 4.78 is 16.0. The fraction of sp³-hybridized carbons (Fsp3) is 0.529. The van der Waals surface area contributed by atoms with Crippen LogP contribution in [0.25, 0.3) is 0 Å². The standard InChI is InChI=1S/C17H25NO6S/c1-17(2,3)24-16(21)18-13-4-6-14(7-5-13)23-9-8-22-10-11-25-12-15(19)20/h4-7H,8-12H2,1-3H3,(H,18,21)(H,19,20). The summed E-state index contributed by atoms with van der Waals surface area (Å²) in [5.41, 5.74) is 0.0764. The maximum atomic E-state index is 11.7.